The Kier molecular flexibility index (Phi) is 5.62. The Balaban J connectivity index is 2.60. The Morgan fingerprint density at radius 1 is 1.42 bits per heavy atom. The van der Waals surface area contributed by atoms with Crippen LogP contribution in [0.1, 0.15) is 13.8 Å². The number of urea groups is 1. The fraction of sp³-hybridized carbons (Fsp3) is 0.333. The molecule has 0 fully saturated rings. The minimum Gasteiger partial charge on any atom is -0.399 e. The van der Waals surface area contributed by atoms with Crippen molar-refractivity contribution in [1.29, 1.82) is 0 Å². The Labute approximate surface area is 115 Å². The summed E-state index contributed by atoms with van der Waals surface area (Å²) in [6.07, 6.45) is 0. The molecule has 0 aliphatic heterocycles. The van der Waals surface area contributed by atoms with E-state index in [1.54, 1.807) is 19.9 Å². The van der Waals surface area contributed by atoms with Gasteiger partial charge < -0.3 is 11.1 Å². The SMILES string of the molecule is CCNC(=O)NC(=O)C(C)Sc1cc(N)cc(F)c1. The number of carbonyl (C=O) groups excluding carboxylic acids is 2. The molecule has 1 aromatic rings. The first-order valence-electron chi connectivity index (χ1n) is 5.73. The molecule has 4 N–H and O–H groups in total. The molecule has 3 amide bonds. The molecule has 5 nitrogen and oxygen atoms in total. The minimum absolute atomic E-state index is 0.291. The summed E-state index contributed by atoms with van der Waals surface area (Å²) in [7, 11) is 0. The van der Waals surface area contributed by atoms with Crippen LogP contribution in [-0.4, -0.2) is 23.7 Å². The van der Waals surface area contributed by atoms with Crippen molar-refractivity contribution < 1.29 is 14.0 Å². The van der Waals surface area contributed by atoms with Crippen molar-refractivity contribution in [3.8, 4) is 0 Å². The smallest absolute Gasteiger partial charge is 0.321 e. The number of amides is 3. The third kappa shape index (κ3) is 5.17. The number of halogens is 1. The number of nitrogens with one attached hydrogen (secondary N) is 2. The summed E-state index contributed by atoms with van der Waals surface area (Å²) in [6.45, 7) is 3.80. The number of thioether (sulfide) groups is 1. The molecular weight excluding hydrogens is 269 g/mol. The Bertz CT molecular complexity index is 462. The first kappa shape index (κ1) is 15.3. The van der Waals surface area contributed by atoms with Crippen LogP contribution >= 0.6 is 11.8 Å². The molecule has 0 aliphatic rings. The van der Waals surface area contributed by atoms with E-state index in [1.807, 2.05) is 0 Å². The maximum Gasteiger partial charge on any atom is 0.321 e. The first-order valence-corrected chi connectivity index (χ1v) is 6.61. The maximum absolute atomic E-state index is 13.1. The standard InChI is InChI=1S/C12H16FN3O2S/c1-3-15-12(18)16-11(17)7(2)19-10-5-8(13)4-9(14)6-10/h4-7H,3,14H2,1-2H3,(H2,15,16,17,18). The van der Waals surface area contributed by atoms with Crippen molar-refractivity contribution in [1.82, 2.24) is 10.6 Å². The van der Waals surface area contributed by atoms with Crippen LogP contribution in [0.2, 0.25) is 0 Å². The van der Waals surface area contributed by atoms with Gasteiger partial charge in [0.05, 0.1) is 5.25 Å². The van der Waals surface area contributed by atoms with Crippen LogP contribution in [0.25, 0.3) is 0 Å². The van der Waals surface area contributed by atoms with E-state index in [0.29, 0.717) is 17.1 Å². The largest absolute Gasteiger partial charge is 0.399 e. The fourth-order valence-corrected chi connectivity index (χ4v) is 2.29. The van der Waals surface area contributed by atoms with Crippen LogP contribution in [0.5, 0.6) is 0 Å². The van der Waals surface area contributed by atoms with Crippen molar-refractivity contribution >= 4 is 29.4 Å². The zero-order valence-electron chi connectivity index (χ0n) is 10.7. The van der Waals surface area contributed by atoms with Crippen molar-refractivity contribution in [2.24, 2.45) is 0 Å². The molecule has 1 unspecified atom stereocenters. The molecule has 1 rings (SSSR count). The van der Waals surface area contributed by atoms with Gasteiger partial charge in [0, 0.05) is 17.1 Å². The van der Waals surface area contributed by atoms with Gasteiger partial charge in [0.15, 0.2) is 0 Å². The number of benzene rings is 1. The molecule has 19 heavy (non-hydrogen) atoms. The number of nitrogen functional groups attached to an aromatic ring is 1. The van der Waals surface area contributed by atoms with Gasteiger partial charge in [-0.05, 0) is 32.0 Å². The number of carbonyl (C=O) groups is 2. The highest BCUT2D eigenvalue weighted by atomic mass is 32.2. The Morgan fingerprint density at radius 3 is 2.68 bits per heavy atom. The third-order valence-electron chi connectivity index (χ3n) is 2.15. The normalized spacial score (nSPS) is 11.7. The minimum atomic E-state index is -0.543. The molecule has 104 valence electrons. The van der Waals surface area contributed by atoms with Gasteiger partial charge >= 0.3 is 6.03 Å². The zero-order valence-corrected chi connectivity index (χ0v) is 11.5. The van der Waals surface area contributed by atoms with Gasteiger partial charge in [0.25, 0.3) is 0 Å². The van der Waals surface area contributed by atoms with Crippen LogP contribution < -0.4 is 16.4 Å². The molecule has 0 heterocycles. The number of imide groups is 1. The average molecular weight is 285 g/mol. The number of nitrogens with two attached hydrogens (primary N) is 1. The maximum atomic E-state index is 13.1. The molecular formula is C12H16FN3O2S. The highest BCUT2D eigenvalue weighted by Crippen LogP contribution is 2.26. The summed E-state index contributed by atoms with van der Waals surface area (Å²) in [5, 5.41) is 4.11. The lowest BCUT2D eigenvalue weighted by Crippen LogP contribution is -2.42. The Morgan fingerprint density at radius 2 is 2.11 bits per heavy atom. The third-order valence-corrected chi connectivity index (χ3v) is 3.23. The molecule has 0 spiro atoms. The molecule has 1 aromatic carbocycles. The topological polar surface area (TPSA) is 84.2 Å². The fourth-order valence-electron chi connectivity index (χ4n) is 1.33. The summed E-state index contributed by atoms with van der Waals surface area (Å²) < 4.78 is 13.1. The first-order chi connectivity index (χ1) is 8.92. The molecule has 0 saturated heterocycles. The van der Waals surface area contributed by atoms with Gasteiger partial charge in [-0.3, -0.25) is 10.1 Å². The van der Waals surface area contributed by atoms with Gasteiger partial charge in [-0.25, -0.2) is 9.18 Å². The second-order valence-electron chi connectivity index (χ2n) is 3.83. The van der Waals surface area contributed by atoms with Gasteiger partial charge in [-0.15, -0.1) is 11.8 Å². The van der Waals surface area contributed by atoms with Gasteiger partial charge in [-0.1, -0.05) is 0 Å². The van der Waals surface area contributed by atoms with Crippen molar-refractivity contribution in [3.63, 3.8) is 0 Å². The van der Waals surface area contributed by atoms with E-state index in [9.17, 15) is 14.0 Å². The lowest BCUT2D eigenvalue weighted by Gasteiger charge is -2.11. The number of hydrogen-bond acceptors (Lipinski definition) is 4. The molecule has 0 aliphatic carbocycles. The van der Waals surface area contributed by atoms with E-state index in [-0.39, 0.29) is 0 Å². The van der Waals surface area contributed by atoms with E-state index < -0.39 is 23.0 Å². The van der Waals surface area contributed by atoms with Crippen LogP contribution in [0.4, 0.5) is 14.9 Å². The quantitative estimate of drug-likeness (QED) is 0.581. The highest BCUT2D eigenvalue weighted by Gasteiger charge is 2.17. The Hall–Kier alpha value is -1.76. The van der Waals surface area contributed by atoms with E-state index in [2.05, 4.69) is 10.6 Å². The zero-order chi connectivity index (χ0) is 14.4. The van der Waals surface area contributed by atoms with E-state index in [4.69, 9.17) is 5.73 Å². The second-order valence-corrected chi connectivity index (χ2v) is 5.24. The van der Waals surface area contributed by atoms with Crippen LogP contribution in [0.15, 0.2) is 23.1 Å². The summed E-state index contributed by atoms with van der Waals surface area (Å²) in [6, 6.07) is 3.52. The van der Waals surface area contributed by atoms with Crippen LogP contribution in [0.3, 0.4) is 0 Å². The lowest BCUT2D eigenvalue weighted by molar-refractivity contribution is -0.119. The molecule has 0 aromatic heterocycles. The number of hydrogen-bond donors (Lipinski definition) is 3. The van der Waals surface area contributed by atoms with Gasteiger partial charge in [0.1, 0.15) is 5.82 Å². The van der Waals surface area contributed by atoms with Gasteiger partial charge in [-0.2, -0.15) is 0 Å². The van der Waals surface area contributed by atoms with Crippen molar-refractivity contribution in [2.45, 2.75) is 24.0 Å². The summed E-state index contributed by atoms with van der Waals surface area (Å²) in [5.74, 6) is -0.905. The molecule has 7 heteroatoms. The molecule has 0 bridgehead atoms. The van der Waals surface area contributed by atoms with Crippen molar-refractivity contribution in [2.75, 3.05) is 12.3 Å². The lowest BCUT2D eigenvalue weighted by atomic mass is 10.3. The average Bonchev–Trinajstić information content (AvgIpc) is 2.27. The number of anilines is 1. The van der Waals surface area contributed by atoms with E-state index in [1.165, 1.54) is 12.1 Å². The summed E-state index contributed by atoms with van der Waals surface area (Å²) >= 11 is 1.13. The van der Waals surface area contributed by atoms with Gasteiger partial charge in [0.2, 0.25) is 5.91 Å². The van der Waals surface area contributed by atoms with E-state index in [0.717, 1.165) is 11.8 Å². The highest BCUT2D eigenvalue weighted by molar-refractivity contribution is 8.00. The molecule has 0 radical (unpaired) electrons. The molecule has 0 saturated carbocycles. The predicted molar refractivity (Wildman–Crippen MR) is 73.3 cm³/mol. The van der Waals surface area contributed by atoms with E-state index >= 15 is 0 Å². The summed E-state index contributed by atoms with van der Waals surface area (Å²) in [5.41, 5.74) is 5.80. The number of rotatable bonds is 4. The van der Waals surface area contributed by atoms with Crippen LogP contribution in [0, 0.1) is 5.82 Å². The van der Waals surface area contributed by atoms with Crippen molar-refractivity contribution in [3.05, 3.63) is 24.0 Å². The monoisotopic (exact) mass is 285 g/mol. The summed E-state index contributed by atoms with van der Waals surface area (Å²) in [4.78, 5) is 23.4. The molecule has 1 atom stereocenters. The second kappa shape index (κ2) is 6.98. The van der Waals surface area contributed by atoms with Crippen LogP contribution in [-0.2, 0) is 4.79 Å². The predicted octanol–water partition coefficient (Wildman–Crippen LogP) is 1.73.